The van der Waals surface area contributed by atoms with E-state index in [1.165, 1.54) is 24.3 Å². The Hall–Kier alpha value is -1.94. The van der Waals surface area contributed by atoms with Gasteiger partial charge in [0.2, 0.25) is 0 Å². The summed E-state index contributed by atoms with van der Waals surface area (Å²) in [5.41, 5.74) is 2.37. The third-order valence-electron chi connectivity index (χ3n) is 3.33. The van der Waals surface area contributed by atoms with Crippen LogP contribution in [0.5, 0.6) is 5.75 Å². The molecule has 1 unspecified atom stereocenters. The van der Waals surface area contributed by atoms with Crippen molar-refractivity contribution in [3.05, 3.63) is 64.7 Å². The Morgan fingerprint density at radius 2 is 1.65 bits per heavy atom. The number of hydrogen-bond donors (Lipinski definition) is 1. The zero-order valence-electron chi connectivity index (χ0n) is 11.7. The van der Waals surface area contributed by atoms with E-state index in [0.717, 1.165) is 11.1 Å². The highest BCUT2D eigenvalue weighted by molar-refractivity contribution is 5.44. The molecule has 0 aliphatic heterocycles. The molecule has 2 nitrogen and oxygen atoms in total. The summed E-state index contributed by atoms with van der Waals surface area (Å²) in [7, 11) is 3.32. The van der Waals surface area contributed by atoms with E-state index in [9.17, 15) is 8.78 Å². The molecule has 20 heavy (non-hydrogen) atoms. The molecule has 2 aromatic carbocycles. The minimum absolute atomic E-state index is 0.263. The zero-order valence-corrected chi connectivity index (χ0v) is 11.7. The second-order valence-corrected chi connectivity index (χ2v) is 4.61. The number of ether oxygens (including phenoxy) is 1. The number of methoxy groups -OCH3 is 1. The van der Waals surface area contributed by atoms with Crippen LogP contribution in [-0.2, 0) is 0 Å². The number of nitrogens with one attached hydrogen (secondary N) is 1. The summed E-state index contributed by atoms with van der Waals surface area (Å²) >= 11 is 0. The van der Waals surface area contributed by atoms with Crippen LogP contribution in [-0.4, -0.2) is 14.2 Å². The first kappa shape index (κ1) is 14.5. The SMILES string of the molecule is CNC(c1ccc(F)cc1C)c1cc(F)ccc1OC. The molecule has 0 spiro atoms. The summed E-state index contributed by atoms with van der Waals surface area (Å²) in [5, 5.41) is 3.13. The molecule has 4 heteroatoms. The minimum atomic E-state index is -0.333. The van der Waals surface area contributed by atoms with Crippen LogP contribution in [0.2, 0.25) is 0 Å². The van der Waals surface area contributed by atoms with Crippen molar-refractivity contribution in [2.75, 3.05) is 14.2 Å². The first-order valence-corrected chi connectivity index (χ1v) is 6.33. The van der Waals surface area contributed by atoms with Crippen molar-refractivity contribution >= 4 is 0 Å². The molecule has 0 amide bonds. The van der Waals surface area contributed by atoms with Crippen molar-refractivity contribution in [1.29, 1.82) is 0 Å². The van der Waals surface area contributed by atoms with E-state index in [1.54, 1.807) is 26.3 Å². The summed E-state index contributed by atoms with van der Waals surface area (Å²) in [4.78, 5) is 0. The third-order valence-corrected chi connectivity index (χ3v) is 3.33. The third kappa shape index (κ3) is 2.80. The largest absolute Gasteiger partial charge is 0.496 e. The smallest absolute Gasteiger partial charge is 0.124 e. The highest BCUT2D eigenvalue weighted by atomic mass is 19.1. The Bertz CT molecular complexity index is 613. The highest BCUT2D eigenvalue weighted by Gasteiger charge is 2.19. The van der Waals surface area contributed by atoms with Crippen LogP contribution in [0.25, 0.3) is 0 Å². The summed E-state index contributed by atoms with van der Waals surface area (Å²) < 4.78 is 32.0. The predicted octanol–water partition coefficient (Wildman–Crippen LogP) is 3.59. The van der Waals surface area contributed by atoms with Crippen molar-refractivity contribution in [2.45, 2.75) is 13.0 Å². The maximum Gasteiger partial charge on any atom is 0.124 e. The molecule has 0 radical (unpaired) electrons. The van der Waals surface area contributed by atoms with Gasteiger partial charge in [0.05, 0.1) is 13.2 Å². The fourth-order valence-electron chi connectivity index (χ4n) is 2.37. The van der Waals surface area contributed by atoms with Crippen molar-refractivity contribution in [3.63, 3.8) is 0 Å². The van der Waals surface area contributed by atoms with Gasteiger partial charge in [0.15, 0.2) is 0 Å². The summed E-state index contributed by atoms with van der Waals surface area (Å²) in [6, 6.07) is 8.68. The van der Waals surface area contributed by atoms with E-state index in [2.05, 4.69) is 5.32 Å². The van der Waals surface area contributed by atoms with Crippen LogP contribution in [0.15, 0.2) is 36.4 Å². The molecule has 0 saturated heterocycles. The van der Waals surface area contributed by atoms with Gasteiger partial charge in [-0.2, -0.15) is 0 Å². The number of halogens is 2. The molecule has 0 aliphatic rings. The number of aryl methyl sites for hydroxylation is 1. The van der Waals surface area contributed by atoms with Gasteiger partial charge in [-0.3, -0.25) is 0 Å². The lowest BCUT2D eigenvalue weighted by Gasteiger charge is -2.21. The van der Waals surface area contributed by atoms with E-state index in [4.69, 9.17) is 4.74 Å². The van der Waals surface area contributed by atoms with E-state index in [0.29, 0.717) is 11.3 Å². The van der Waals surface area contributed by atoms with Gasteiger partial charge in [-0.15, -0.1) is 0 Å². The van der Waals surface area contributed by atoms with E-state index < -0.39 is 0 Å². The van der Waals surface area contributed by atoms with Crippen LogP contribution in [0, 0.1) is 18.6 Å². The van der Waals surface area contributed by atoms with Crippen molar-refractivity contribution in [1.82, 2.24) is 5.32 Å². The maximum atomic E-state index is 13.5. The van der Waals surface area contributed by atoms with Gasteiger partial charge in [0.25, 0.3) is 0 Å². The second kappa shape index (κ2) is 6.01. The average molecular weight is 277 g/mol. The molecular weight excluding hydrogens is 260 g/mol. The van der Waals surface area contributed by atoms with Gasteiger partial charge < -0.3 is 10.1 Å². The van der Waals surface area contributed by atoms with Crippen LogP contribution < -0.4 is 10.1 Å². The molecule has 0 bridgehead atoms. The molecule has 1 N–H and O–H groups in total. The predicted molar refractivity (Wildman–Crippen MR) is 75.0 cm³/mol. The molecule has 2 rings (SSSR count). The van der Waals surface area contributed by atoms with Gasteiger partial charge in [-0.1, -0.05) is 6.07 Å². The first-order valence-electron chi connectivity index (χ1n) is 6.33. The molecule has 0 saturated carbocycles. The molecule has 106 valence electrons. The van der Waals surface area contributed by atoms with Crippen molar-refractivity contribution in [2.24, 2.45) is 0 Å². The van der Waals surface area contributed by atoms with Gasteiger partial charge in [-0.25, -0.2) is 8.78 Å². The number of benzene rings is 2. The Morgan fingerprint density at radius 1 is 1.00 bits per heavy atom. The number of hydrogen-bond acceptors (Lipinski definition) is 2. The lowest BCUT2D eigenvalue weighted by molar-refractivity contribution is 0.403. The normalized spacial score (nSPS) is 12.2. The van der Waals surface area contributed by atoms with Gasteiger partial charge in [0.1, 0.15) is 17.4 Å². The Kier molecular flexibility index (Phi) is 4.35. The fourth-order valence-corrected chi connectivity index (χ4v) is 2.37. The highest BCUT2D eigenvalue weighted by Crippen LogP contribution is 2.32. The van der Waals surface area contributed by atoms with Crippen molar-refractivity contribution in [3.8, 4) is 5.75 Å². The zero-order chi connectivity index (χ0) is 14.7. The Balaban J connectivity index is 2.54. The quantitative estimate of drug-likeness (QED) is 0.922. The molecular formula is C16H17F2NO. The lowest BCUT2D eigenvalue weighted by atomic mass is 9.94. The Labute approximate surface area is 117 Å². The van der Waals surface area contributed by atoms with E-state index >= 15 is 0 Å². The molecule has 0 fully saturated rings. The van der Waals surface area contributed by atoms with Crippen LogP contribution >= 0.6 is 0 Å². The Morgan fingerprint density at radius 3 is 2.25 bits per heavy atom. The van der Waals surface area contributed by atoms with Crippen molar-refractivity contribution < 1.29 is 13.5 Å². The molecule has 0 aromatic heterocycles. The maximum absolute atomic E-state index is 13.5. The average Bonchev–Trinajstić information content (AvgIpc) is 2.42. The molecule has 0 aliphatic carbocycles. The van der Waals surface area contributed by atoms with E-state index in [-0.39, 0.29) is 17.7 Å². The van der Waals surface area contributed by atoms with Crippen LogP contribution in [0.4, 0.5) is 8.78 Å². The lowest BCUT2D eigenvalue weighted by Crippen LogP contribution is -2.19. The summed E-state index contributed by atoms with van der Waals surface area (Å²) in [6.07, 6.45) is 0. The van der Waals surface area contributed by atoms with Gasteiger partial charge in [-0.05, 0) is 55.4 Å². The summed E-state index contributed by atoms with van der Waals surface area (Å²) in [6.45, 7) is 1.83. The summed E-state index contributed by atoms with van der Waals surface area (Å²) in [5.74, 6) is -0.0254. The van der Waals surface area contributed by atoms with Gasteiger partial charge in [0, 0.05) is 5.56 Å². The van der Waals surface area contributed by atoms with E-state index in [1.807, 2.05) is 6.92 Å². The van der Waals surface area contributed by atoms with Crippen LogP contribution in [0.3, 0.4) is 0 Å². The fraction of sp³-hybridized carbons (Fsp3) is 0.250. The molecule has 2 aromatic rings. The molecule has 1 atom stereocenters. The monoisotopic (exact) mass is 277 g/mol. The van der Waals surface area contributed by atoms with Crippen LogP contribution in [0.1, 0.15) is 22.7 Å². The topological polar surface area (TPSA) is 21.3 Å². The minimum Gasteiger partial charge on any atom is -0.496 e. The first-order chi connectivity index (χ1) is 9.56. The second-order valence-electron chi connectivity index (χ2n) is 4.61. The standard InChI is InChI=1S/C16H17F2NO/c1-10-8-11(17)4-6-13(10)16(19-2)14-9-12(18)5-7-15(14)20-3/h4-9,16,19H,1-3H3. The van der Waals surface area contributed by atoms with Gasteiger partial charge >= 0.3 is 0 Å². The number of rotatable bonds is 4. The molecule has 0 heterocycles.